The fourth-order valence-corrected chi connectivity index (χ4v) is 3.82. The lowest BCUT2D eigenvalue weighted by atomic mass is 9.89. The highest BCUT2D eigenvalue weighted by Crippen LogP contribution is 2.37. The molecule has 0 saturated heterocycles. The third-order valence-corrected chi connectivity index (χ3v) is 5.24. The molecule has 0 unspecified atom stereocenters. The first kappa shape index (κ1) is 18.7. The van der Waals surface area contributed by atoms with E-state index in [-0.39, 0.29) is 5.97 Å². The summed E-state index contributed by atoms with van der Waals surface area (Å²) in [4.78, 5) is 14.6. The number of rotatable bonds is 7. The summed E-state index contributed by atoms with van der Waals surface area (Å²) in [6, 6.07) is 21.0. The van der Waals surface area contributed by atoms with Crippen molar-refractivity contribution in [2.24, 2.45) is 0 Å². The first-order valence-electron chi connectivity index (χ1n) is 9.76. The van der Waals surface area contributed by atoms with Gasteiger partial charge in [-0.15, -0.1) is 0 Å². The highest BCUT2D eigenvalue weighted by molar-refractivity contribution is 5.69. The average Bonchev–Trinajstić information content (AvgIpc) is 2.70. The third-order valence-electron chi connectivity index (χ3n) is 5.24. The van der Waals surface area contributed by atoms with Crippen molar-refractivity contribution in [3.05, 3.63) is 71.8 Å². The number of esters is 1. The van der Waals surface area contributed by atoms with E-state index in [1.54, 1.807) is 0 Å². The lowest BCUT2D eigenvalue weighted by molar-refractivity contribution is -0.198. The predicted molar refractivity (Wildman–Crippen MR) is 104 cm³/mol. The molecule has 2 aromatic rings. The van der Waals surface area contributed by atoms with Crippen molar-refractivity contribution in [3.8, 4) is 0 Å². The van der Waals surface area contributed by atoms with Crippen molar-refractivity contribution >= 4 is 5.97 Å². The fourth-order valence-electron chi connectivity index (χ4n) is 3.82. The molecule has 2 aromatic carbocycles. The number of ether oxygens (including phenoxy) is 1. The van der Waals surface area contributed by atoms with E-state index in [1.165, 1.54) is 17.5 Å². The summed E-state index contributed by atoms with van der Waals surface area (Å²) in [6.07, 6.45) is 5.69. The molecular formula is C23H29NO2. The van der Waals surface area contributed by atoms with Gasteiger partial charge < -0.3 is 4.74 Å². The standard InChI is InChI=1S/C23H29NO2/c1-2-22(25)26-23(16-10-5-11-17-23)24(18-20-12-6-3-7-13-20)19-21-14-8-4-9-15-21/h3-4,6-9,12-15H,2,5,10-11,16-19H2,1H3. The van der Waals surface area contributed by atoms with Crippen LogP contribution in [0.25, 0.3) is 0 Å². The number of carbonyl (C=O) groups is 1. The Labute approximate surface area is 157 Å². The molecule has 0 bridgehead atoms. The SMILES string of the molecule is CCC(=O)OC1(N(Cc2ccccc2)Cc2ccccc2)CCCCC1. The third kappa shape index (κ3) is 4.73. The Balaban J connectivity index is 1.91. The molecule has 0 aliphatic heterocycles. The molecule has 0 spiro atoms. The molecule has 3 nitrogen and oxygen atoms in total. The first-order valence-corrected chi connectivity index (χ1v) is 9.76. The minimum Gasteiger partial charge on any atom is -0.444 e. The molecule has 1 aliphatic carbocycles. The van der Waals surface area contributed by atoms with E-state index in [4.69, 9.17) is 4.74 Å². The van der Waals surface area contributed by atoms with Crippen LogP contribution in [0.15, 0.2) is 60.7 Å². The zero-order chi connectivity index (χ0) is 18.2. The summed E-state index contributed by atoms with van der Waals surface area (Å²) in [5.41, 5.74) is 2.01. The highest BCUT2D eigenvalue weighted by Gasteiger charge is 2.41. The maximum absolute atomic E-state index is 12.2. The molecule has 3 rings (SSSR count). The van der Waals surface area contributed by atoms with Crippen molar-refractivity contribution in [1.29, 1.82) is 0 Å². The summed E-state index contributed by atoms with van der Waals surface area (Å²) < 4.78 is 6.12. The molecule has 0 heterocycles. The molecule has 1 aliphatic rings. The monoisotopic (exact) mass is 351 g/mol. The largest absolute Gasteiger partial charge is 0.444 e. The van der Waals surface area contributed by atoms with E-state index < -0.39 is 5.72 Å². The van der Waals surface area contributed by atoms with Gasteiger partial charge in [-0.2, -0.15) is 0 Å². The molecule has 0 radical (unpaired) electrons. The molecule has 1 fully saturated rings. The van der Waals surface area contributed by atoms with Crippen molar-refractivity contribution in [2.75, 3.05) is 0 Å². The summed E-state index contributed by atoms with van der Waals surface area (Å²) in [6.45, 7) is 3.44. The number of hydrogen-bond donors (Lipinski definition) is 0. The quantitative estimate of drug-likeness (QED) is 0.500. The molecule has 0 N–H and O–H groups in total. The van der Waals surface area contributed by atoms with Crippen LogP contribution < -0.4 is 0 Å². The second-order valence-electron chi connectivity index (χ2n) is 7.16. The van der Waals surface area contributed by atoms with Crippen LogP contribution in [0.4, 0.5) is 0 Å². The van der Waals surface area contributed by atoms with Crippen molar-refractivity contribution in [2.45, 2.75) is 64.3 Å². The fraction of sp³-hybridized carbons (Fsp3) is 0.435. The summed E-state index contributed by atoms with van der Waals surface area (Å²) in [5, 5.41) is 0. The molecule has 3 heteroatoms. The number of hydrogen-bond acceptors (Lipinski definition) is 3. The van der Waals surface area contributed by atoms with Crippen LogP contribution in [-0.2, 0) is 22.6 Å². The zero-order valence-corrected chi connectivity index (χ0v) is 15.7. The molecule has 0 amide bonds. The highest BCUT2D eigenvalue weighted by atomic mass is 16.6. The summed E-state index contributed by atoms with van der Waals surface area (Å²) >= 11 is 0. The maximum Gasteiger partial charge on any atom is 0.307 e. The average molecular weight is 351 g/mol. The lowest BCUT2D eigenvalue weighted by Gasteiger charge is -2.45. The van der Waals surface area contributed by atoms with Crippen LogP contribution in [0.5, 0.6) is 0 Å². The molecular weight excluding hydrogens is 322 g/mol. The topological polar surface area (TPSA) is 29.5 Å². The van der Waals surface area contributed by atoms with Crippen molar-refractivity contribution in [3.63, 3.8) is 0 Å². The molecule has 138 valence electrons. The van der Waals surface area contributed by atoms with Crippen LogP contribution in [0, 0.1) is 0 Å². The molecule has 0 atom stereocenters. The van der Waals surface area contributed by atoms with Gasteiger partial charge in [0.1, 0.15) is 0 Å². The Morgan fingerprint density at radius 2 is 1.38 bits per heavy atom. The predicted octanol–water partition coefficient (Wildman–Crippen LogP) is 5.30. The van der Waals surface area contributed by atoms with E-state index in [1.807, 2.05) is 19.1 Å². The Hall–Kier alpha value is -2.13. The van der Waals surface area contributed by atoms with Crippen molar-refractivity contribution < 1.29 is 9.53 Å². The van der Waals surface area contributed by atoms with Gasteiger partial charge in [-0.1, -0.05) is 74.0 Å². The molecule has 0 aromatic heterocycles. The first-order chi connectivity index (χ1) is 12.7. The Bertz CT molecular complexity index is 636. The second-order valence-corrected chi connectivity index (χ2v) is 7.16. The van der Waals surface area contributed by atoms with Gasteiger partial charge in [-0.25, -0.2) is 0 Å². The van der Waals surface area contributed by atoms with E-state index >= 15 is 0 Å². The molecule has 1 saturated carbocycles. The van der Waals surface area contributed by atoms with Crippen LogP contribution in [0.3, 0.4) is 0 Å². The Morgan fingerprint density at radius 3 is 1.85 bits per heavy atom. The van der Waals surface area contributed by atoms with Gasteiger partial charge in [0, 0.05) is 32.4 Å². The Morgan fingerprint density at radius 1 is 0.885 bits per heavy atom. The van der Waals surface area contributed by atoms with Gasteiger partial charge in [0.15, 0.2) is 5.72 Å². The normalized spacial score (nSPS) is 16.4. The van der Waals surface area contributed by atoms with Crippen LogP contribution in [0.2, 0.25) is 0 Å². The Kier molecular flexibility index (Phi) is 6.45. The van der Waals surface area contributed by atoms with Gasteiger partial charge >= 0.3 is 5.97 Å². The molecule has 26 heavy (non-hydrogen) atoms. The van der Waals surface area contributed by atoms with E-state index in [0.717, 1.165) is 38.8 Å². The van der Waals surface area contributed by atoms with E-state index in [9.17, 15) is 4.79 Å². The summed E-state index contributed by atoms with van der Waals surface area (Å²) in [5.74, 6) is -0.0991. The van der Waals surface area contributed by atoms with Crippen LogP contribution in [0.1, 0.15) is 56.6 Å². The van der Waals surface area contributed by atoms with E-state index in [2.05, 4.69) is 53.4 Å². The van der Waals surface area contributed by atoms with E-state index in [0.29, 0.717) is 6.42 Å². The van der Waals surface area contributed by atoms with Crippen LogP contribution >= 0.6 is 0 Å². The smallest absolute Gasteiger partial charge is 0.307 e. The zero-order valence-electron chi connectivity index (χ0n) is 15.7. The van der Waals surface area contributed by atoms with Gasteiger partial charge in [0.2, 0.25) is 0 Å². The van der Waals surface area contributed by atoms with Gasteiger partial charge in [-0.3, -0.25) is 9.69 Å². The van der Waals surface area contributed by atoms with Crippen LogP contribution in [-0.4, -0.2) is 16.6 Å². The lowest BCUT2D eigenvalue weighted by Crippen LogP contribution is -2.52. The second kappa shape index (κ2) is 9.00. The maximum atomic E-state index is 12.2. The van der Waals surface area contributed by atoms with Crippen molar-refractivity contribution in [1.82, 2.24) is 4.90 Å². The number of benzene rings is 2. The number of carbonyl (C=O) groups excluding carboxylic acids is 1. The van der Waals surface area contributed by atoms with Gasteiger partial charge in [0.25, 0.3) is 0 Å². The number of nitrogens with zero attached hydrogens (tertiary/aromatic N) is 1. The van der Waals surface area contributed by atoms with Gasteiger partial charge in [0.05, 0.1) is 0 Å². The minimum absolute atomic E-state index is 0.0991. The minimum atomic E-state index is -0.489. The van der Waals surface area contributed by atoms with Gasteiger partial charge in [-0.05, 0) is 24.0 Å². The summed E-state index contributed by atoms with van der Waals surface area (Å²) in [7, 11) is 0.